The van der Waals surface area contributed by atoms with Gasteiger partial charge < -0.3 is 0 Å². The number of allylic oxidation sites excluding steroid dienone is 4. The third-order valence-corrected chi connectivity index (χ3v) is 17.7. The van der Waals surface area contributed by atoms with Gasteiger partial charge in [0.25, 0.3) is 0 Å². The maximum atomic E-state index is 2.77. The third kappa shape index (κ3) is 3.45. The Kier molecular flexibility index (Phi) is 4.83. The summed E-state index contributed by atoms with van der Waals surface area (Å²) < 4.78 is 0. The molecule has 9 rings (SSSR count). The smallest absolute Gasteiger partial charge is 0.0558 e. The second kappa shape index (κ2) is 7.31. The summed E-state index contributed by atoms with van der Waals surface area (Å²) in [6, 6.07) is 0. The molecule has 0 aromatic heterocycles. The van der Waals surface area contributed by atoms with Crippen LogP contribution in [0.1, 0.15) is 64.2 Å². The fourth-order valence-corrected chi connectivity index (χ4v) is 16.7. The highest BCUT2D eigenvalue weighted by Crippen LogP contribution is 2.71. The van der Waals surface area contributed by atoms with E-state index in [2.05, 4.69) is 37.9 Å². The van der Waals surface area contributed by atoms with Crippen molar-refractivity contribution < 1.29 is 0 Å². The van der Waals surface area contributed by atoms with Crippen molar-refractivity contribution in [1.29, 1.82) is 0 Å². The van der Waals surface area contributed by atoms with Crippen molar-refractivity contribution in [3.63, 3.8) is 0 Å². The summed E-state index contributed by atoms with van der Waals surface area (Å²) in [5.41, 5.74) is 4.91. The Morgan fingerprint density at radius 2 is 1.10 bits per heavy atom. The van der Waals surface area contributed by atoms with Gasteiger partial charge in [0.2, 0.25) is 0 Å². The van der Waals surface area contributed by atoms with Gasteiger partial charge in [-0.05, 0) is 140 Å². The molecule has 0 aromatic rings. The van der Waals surface area contributed by atoms with Gasteiger partial charge in [-0.25, -0.2) is 0 Å². The summed E-state index contributed by atoms with van der Waals surface area (Å²) in [6.07, 6.45) is 25.8. The normalized spacial score (nSPS) is 52.7. The minimum Gasteiger partial charge on any atom is -0.0947 e. The van der Waals surface area contributed by atoms with Gasteiger partial charge in [-0.2, -0.15) is 0 Å². The van der Waals surface area contributed by atoms with E-state index in [0.717, 1.165) is 64.2 Å². The fraction of sp³-hybridized carbons (Fsp3) is 0.862. The van der Waals surface area contributed by atoms with Gasteiger partial charge in [0.05, 0.1) is 8.07 Å². The second-order valence-corrected chi connectivity index (χ2v) is 22.4. The van der Waals surface area contributed by atoms with Gasteiger partial charge in [-0.1, -0.05) is 45.8 Å². The van der Waals surface area contributed by atoms with E-state index >= 15 is 0 Å². The van der Waals surface area contributed by atoms with E-state index in [1.807, 2.05) is 0 Å². The lowest BCUT2D eigenvalue weighted by Gasteiger charge is -2.62. The fourth-order valence-electron chi connectivity index (χ4n) is 10.7. The minimum atomic E-state index is -1.10. The Labute approximate surface area is 193 Å². The van der Waals surface area contributed by atoms with Gasteiger partial charge >= 0.3 is 0 Å². The van der Waals surface area contributed by atoms with E-state index in [1.54, 1.807) is 69.8 Å². The Hall–Kier alpha value is 0.127. The van der Waals surface area contributed by atoms with Gasteiger partial charge in [-0.15, -0.1) is 0 Å². The molecule has 9 aliphatic carbocycles. The first-order valence-corrected chi connectivity index (χ1v) is 19.3. The monoisotopic (exact) mass is 452 g/mol. The lowest BCUT2D eigenvalue weighted by atomic mass is 9.55. The molecule has 8 saturated carbocycles. The number of rotatable bonds is 5. The van der Waals surface area contributed by atoms with E-state index in [1.165, 1.54) is 6.16 Å². The maximum Gasteiger partial charge on any atom is 0.0558 e. The Morgan fingerprint density at radius 1 is 0.677 bits per heavy atom. The zero-order valence-corrected chi connectivity index (χ0v) is 22.2. The Balaban J connectivity index is 1.21. The molecule has 0 aliphatic heterocycles. The molecule has 1 unspecified atom stereocenters. The minimum absolute atomic E-state index is 0.169. The predicted molar refractivity (Wildman–Crippen MR) is 138 cm³/mol. The molecule has 0 radical (unpaired) electrons. The largest absolute Gasteiger partial charge is 0.0947 e. The molecule has 0 heterocycles. The lowest BCUT2D eigenvalue weighted by molar-refractivity contribution is 0.0131. The van der Waals surface area contributed by atoms with E-state index < -0.39 is 8.07 Å². The molecule has 0 spiro atoms. The van der Waals surface area contributed by atoms with Crippen LogP contribution >= 0.6 is 7.92 Å². The van der Waals surface area contributed by atoms with Crippen LogP contribution in [0, 0.1) is 47.3 Å². The topological polar surface area (TPSA) is 0 Å². The van der Waals surface area contributed by atoms with Crippen molar-refractivity contribution in [3.8, 4) is 0 Å². The van der Waals surface area contributed by atoms with Crippen LogP contribution in [0.15, 0.2) is 23.8 Å². The van der Waals surface area contributed by atoms with Gasteiger partial charge in [0.15, 0.2) is 0 Å². The van der Waals surface area contributed by atoms with Crippen molar-refractivity contribution >= 4 is 16.0 Å². The van der Waals surface area contributed by atoms with E-state index in [4.69, 9.17) is 0 Å². The Morgan fingerprint density at radius 3 is 1.45 bits per heavy atom. The van der Waals surface area contributed by atoms with Crippen molar-refractivity contribution in [2.24, 2.45) is 47.3 Å². The second-order valence-electron chi connectivity index (χ2n) is 14.5. The molecule has 9 aliphatic rings. The van der Waals surface area contributed by atoms with Gasteiger partial charge in [0, 0.05) is 0 Å². The summed E-state index contributed by atoms with van der Waals surface area (Å²) >= 11 is 0. The van der Waals surface area contributed by atoms with Gasteiger partial charge in [0.1, 0.15) is 0 Å². The Bertz CT molecular complexity index is 689. The van der Waals surface area contributed by atoms with Crippen LogP contribution in [0.5, 0.6) is 0 Å². The highest BCUT2D eigenvalue weighted by molar-refractivity contribution is 7.59. The average molecular weight is 453 g/mol. The predicted octanol–water partition coefficient (Wildman–Crippen LogP) is 8.32. The zero-order chi connectivity index (χ0) is 20.9. The van der Waals surface area contributed by atoms with Crippen LogP contribution in [0.25, 0.3) is 0 Å². The molecule has 0 amide bonds. The summed E-state index contributed by atoms with van der Waals surface area (Å²) in [5.74, 6) is 9.09. The molecular formula is C29H45PSi. The molecule has 2 heteroatoms. The van der Waals surface area contributed by atoms with Crippen LogP contribution in [0.3, 0.4) is 0 Å². The zero-order valence-electron chi connectivity index (χ0n) is 20.3. The molecule has 8 bridgehead atoms. The standard InChI is InChI=1S/C29H45PSi/c1-31(2,3)27-5-4-18(16-27)17-30(28-23-8-19-6-20(10-23)11-24(28)9-19)29-25-12-21-7-22(14-25)15-26(29)13-21/h4-5,16,19-29H,6-15,17H2,1-3H3. The quantitative estimate of drug-likeness (QED) is 0.290. The van der Waals surface area contributed by atoms with Crippen LogP contribution in [-0.4, -0.2) is 25.6 Å². The van der Waals surface area contributed by atoms with Gasteiger partial charge in [-0.3, -0.25) is 0 Å². The molecule has 8 fully saturated rings. The molecule has 0 nitrogen and oxygen atoms in total. The molecule has 0 N–H and O–H groups in total. The van der Waals surface area contributed by atoms with Crippen LogP contribution in [0.2, 0.25) is 25.2 Å². The van der Waals surface area contributed by atoms with E-state index in [0.29, 0.717) is 0 Å². The molecule has 1 atom stereocenters. The first kappa shape index (κ1) is 20.5. The van der Waals surface area contributed by atoms with Crippen molar-refractivity contribution in [3.05, 3.63) is 23.8 Å². The molecule has 31 heavy (non-hydrogen) atoms. The summed E-state index contributed by atoms with van der Waals surface area (Å²) in [4.78, 5) is 0. The number of hydrogen-bond acceptors (Lipinski definition) is 0. The van der Waals surface area contributed by atoms with Crippen LogP contribution < -0.4 is 0 Å². The number of hydrogen-bond donors (Lipinski definition) is 0. The highest BCUT2D eigenvalue weighted by atomic mass is 31.1. The molecule has 0 aromatic carbocycles. The van der Waals surface area contributed by atoms with Crippen molar-refractivity contribution in [2.45, 2.75) is 101 Å². The first-order chi connectivity index (χ1) is 14.9. The van der Waals surface area contributed by atoms with Crippen molar-refractivity contribution in [1.82, 2.24) is 0 Å². The SMILES string of the molecule is C[Si](C)(C)C1C=CC(CP(C2C3CC4CC(C3)CC2C4)C2C3CC4CC(C3)CC2C4)=C1. The average Bonchev–Trinajstić information content (AvgIpc) is 3.15. The molecule has 170 valence electrons. The van der Waals surface area contributed by atoms with Crippen LogP contribution in [0.4, 0.5) is 0 Å². The summed E-state index contributed by atoms with van der Waals surface area (Å²) in [5, 5.41) is 0. The van der Waals surface area contributed by atoms with E-state index in [-0.39, 0.29) is 7.92 Å². The molecule has 0 saturated heterocycles. The van der Waals surface area contributed by atoms with Crippen molar-refractivity contribution in [2.75, 3.05) is 6.16 Å². The summed E-state index contributed by atoms with van der Waals surface area (Å²) in [7, 11) is -0.935. The van der Waals surface area contributed by atoms with E-state index in [9.17, 15) is 0 Å². The molecular weight excluding hydrogens is 407 g/mol. The maximum absolute atomic E-state index is 2.77. The summed E-state index contributed by atoms with van der Waals surface area (Å²) in [6.45, 7) is 7.71. The van der Waals surface area contributed by atoms with Crippen LogP contribution in [-0.2, 0) is 0 Å². The third-order valence-electron chi connectivity index (χ3n) is 11.4. The first-order valence-electron chi connectivity index (χ1n) is 14.1. The highest BCUT2D eigenvalue weighted by Gasteiger charge is 2.56. The lowest BCUT2D eigenvalue weighted by Crippen LogP contribution is -2.53.